The monoisotopic (exact) mass is 481 g/mol. The zero-order valence-electron chi connectivity index (χ0n) is 19.3. The Morgan fingerprint density at radius 3 is 2.60 bits per heavy atom. The quantitative estimate of drug-likeness (QED) is 0.237. The molecular weight excluding hydrogens is 458 g/mol. The Balaban J connectivity index is 1.47. The third-order valence-corrected chi connectivity index (χ3v) is 6.06. The zero-order valence-corrected chi connectivity index (χ0v) is 20.1. The summed E-state index contributed by atoms with van der Waals surface area (Å²) in [4.78, 5) is 17.2. The fourth-order valence-corrected chi connectivity index (χ4v) is 4.09. The van der Waals surface area contributed by atoms with Gasteiger partial charge in [-0.3, -0.25) is 10.1 Å². The van der Waals surface area contributed by atoms with Crippen LogP contribution >= 0.6 is 11.3 Å². The molecule has 174 valence electrons. The third-order valence-electron chi connectivity index (χ3n) is 5.30. The number of hydrogen-bond acceptors (Lipinski definition) is 6. The van der Waals surface area contributed by atoms with Crippen molar-refractivity contribution in [3.05, 3.63) is 100 Å². The largest absolute Gasteiger partial charge is 0.493 e. The highest BCUT2D eigenvalue weighted by atomic mass is 32.1. The van der Waals surface area contributed by atoms with E-state index in [9.17, 15) is 10.1 Å². The molecule has 4 aromatic rings. The average molecular weight is 482 g/mol. The normalized spacial score (nSPS) is 10.9. The molecule has 3 aromatic carbocycles. The van der Waals surface area contributed by atoms with E-state index in [-0.39, 0.29) is 5.57 Å². The van der Waals surface area contributed by atoms with Gasteiger partial charge < -0.3 is 9.47 Å². The second-order valence-corrected chi connectivity index (χ2v) is 8.51. The van der Waals surface area contributed by atoms with Crippen LogP contribution in [0, 0.1) is 18.3 Å². The van der Waals surface area contributed by atoms with Gasteiger partial charge in [-0.15, -0.1) is 11.3 Å². The number of nitriles is 1. The van der Waals surface area contributed by atoms with Gasteiger partial charge in [-0.2, -0.15) is 5.26 Å². The summed E-state index contributed by atoms with van der Waals surface area (Å²) in [6.07, 6.45) is 1.51. The van der Waals surface area contributed by atoms with Crippen LogP contribution < -0.4 is 14.8 Å². The number of ether oxygens (including phenoxy) is 2. The Kier molecular flexibility index (Phi) is 7.56. The van der Waals surface area contributed by atoms with Gasteiger partial charge in [0.1, 0.15) is 18.2 Å². The standard InChI is InChI=1S/C28H23N3O3S/c1-19-8-6-7-11-22(19)17-34-25-13-12-20(15-26(25)33-2)14-23(16-29)27(32)31-28-30-24(18-35-28)21-9-4-3-5-10-21/h3-15,18H,17H2,1-2H3,(H,30,31,32)/b23-14-. The number of rotatable bonds is 8. The van der Waals surface area contributed by atoms with E-state index in [1.54, 1.807) is 25.3 Å². The van der Waals surface area contributed by atoms with Crippen LogP contribution in [0.1, 0.15) is 16.7 Å². The highest BCUT2D eigenvalue weighted by molar-refractivity contribution is 7.14. The number of methoxy groups -OCH3 is 1. The van der Waals surface area contributed by atoms with Crippen molar-refractivity contribution in [3.63, 3.8) is 0 Å². The summed E-state index contributed by atoms with van der Waals surface area (Å²) in [7, 11) is 1.55. The Hall–Kier alpha value is -4.41. The lowest BCUT2D eigenvalue weighted by molar-refractivity contribution is -0.112. The molecule has 1 heterocycles. The number of benzene rings is 3. The van der Waals surface area contributed by atoms with Crippen LogP contribution in [0.15, 0.2) is 83.7 Å². The SMILES string of the molecule is COc1cc(/C=C(/C#N)C(=O)Nc2nc(-c3ccccc3)cs2)ccc1OCc1ccccc1C. The molecule has 0 atom stereocenters. The van der Waals surface area contributed by atoms with Crippen LogP contribution in [0.3, 0.4) is 0 Å². The van der Waals surface area contributed by atoms with Crippen molar-refractivity contribution in [1.82, 2.24) is 4.98 Å². The molecule has 35 heavy (non-hydrogen) atoms. The van der Waals surface area contributed by atoms with Gasteiger partial charge in [0.25, 0.3) is 5.91 Å². The van der Waals surface area contributed by atoms with Gasteiger partial charge in [0.05, 0.1) is 12.8 Å². The number of anilines is 1. The molecular formula is C28H23N3O3S. The summed E-state index contributed by atoms with van der Waals surface area (Å²) in [6, 6.07) is 24.9. The van der Waals surface area contributed by atoms with Crippen LogP contribution in [0.25, 0.3) is 17.3 Å². The molecule has 0 unspecified atom stereocenters. The summed E-state index contributed by atoms with van der Waals surface area (Å²) in [5, 5.41) is 14.6. The van der Waals surface area contributed by atoms with E-state index < -0.39 is 5.91 Å². The Morgan fingerprint density at radius 1 is 1.09 bits per heavy atom. The van der Waals surface area contributed by atoms with Crippen LogP contribution in [-0.2, 0) is 11.4 Å². The van der Waals surface area contributed by atoms with Crippen molar-refractivity contribution in [2.75, 3.05) is 12.4 Å². The predicted molar refractivity (Wildman–Crippen MR) is 138 cm³/mol. The smallest absolute Gasteiger partial charge is 0.268 e. The van der Waals surface area contributed by atoms with Crippen molar-refractivity contribution in [1.29, 1.82) is 5.26 Å². The molecule has 0 saturated heterocycles. The molecule has 0 radical (unpaired) electrons. The fourth-order valence-electron chi connectivity index (χ4n) is 3.37. The second-order valence-electron chi connectivity index (χ2n) is 7.65. The summed E-state index contributed by atoms with van der Waals surface area (Å²) < 4.78 is 11.4. The highest BCUT2D eigenvalue weighted by Gasteiger charge is 2.14. The van der Waals surface area contributed by atoms with E-state index in [0.717, 1.165) is 22.4 Å². The van der Waals surface area contributed by atoms with Crippen molar-refractivity contribution in [2.45, 2.75) is 13.5 Å². The molecule has 6 nitrogen and oxygen atoms in total. The number of amides is 1. The van der Waals surface area contributed by atoms with E-state index in [1.807, 2.05) is 73.0 Å². The van der Waals surface area contributed by atoms with Crippen LogP contribution in [0.2, 0.25) is 0 Å². The van der Waals surface area contributed by atoms with E-state index in [4.69, 9.17) is 9.47 Å². The molecule has 1 amide bonds. The van der Waals surface area contributed by atoms with Gasteiger partial charge in [-0.05, 0) is 41.8 Å². The lowest BCUT2D eigenvalue weighted by Gasteiger charge is -2.12. The molecule has 0 spiro atoms. The number of hydrogen-bond donors (Lipinski definition) is 1. The summed E-state index contributed by atoms with van der Waals surface area (Å²) >= 11 is 1.30. The van der Waals surface area contributed by atoms with Gasteiger partial charge in [-0.25, -0.2) is 4.98 Å². The maximum Gasteiger partial charge on any atom is 0.268 e. The van der Waals surface area contributed by atoms with E-state index in [1.165, 1.54) is 17.4 Å². The van der Waals surface area contributed by atoms with Crippen molar-refractivity contribution in [3.8, 4) is 28.8 Å². The molecule has 1 N–H and O–H groups in total. The molecule has 4 rings (SSSR count). The molecule has 0 bridgehead atoms. The molecule has 0 aliphatic heterocycles. The van der Waals surface area contributed by atoms with Gasteiger partial charge in [0.2, 0.25) is 0 Å². The minimum atomic E-state index is -0.527. The lowest BCUT2D eigenvalue weighted by atomic mass is 10.1. The van der Waals surface area contributed by atoms with Gasteiger partial charge in [0, 0.05) is 10.9 Å². The number of thiazole rings is 1. The van der Waals surface area contributed by atoms with Gasteiger partial charge in [-0.1, -0.05) is 60.7 Å². The van der Waals surface area contributed by atoms with Crippen molar-refractivity contribution < 1.29 is 14.3 Å². The number of nitrogens with zero attached hydrogens (tertiary/aromatic N) is 2. The third kappa shape index (κ3) is 5.94. The topological polar surface area (TPSA) is 84.2 Å². The summed E-state index contributed by atoms with van der Waals surface area (Å²) in [5.41, 5.74) is 4.54. The zero-order chi connectivity index (χ0) is 24.6. The predicted octanol–water partition coefficient (Wildman–Crippen LogP) is 6.25. The summed E-state index contributed by atoms with van der Waals surface area (Å²) in [5.74, 6) is 0.560. The van der Waals surface area contributed by atoms with Crippen molar-refractivity contribution in [2.24, 2.45) is 0 Å². The van der Waals surface area contributed by atoms with E-state index in [2.05, 4.69) is 10.3 Å². The van der Waals surface area contributed by atoms with E-state index in [0.29, 0.717) is 28.8 Å². The number of carbonyl (C=O) groups excluding carboxylic acids is 1. The molecule has 7 heteroatoms. The Morgan fingerprint density at radius 2 is 1.86 bits per heavy atom. The number of nitrogens with one attached hydrogen (secondary N) is 1. The highest BCUT2D eigenvalue weighted by Crippen LogP contribution is 2.30. The van der Waals surface area contributed by atoms with Crippen LogP contribution in [0.4, 0.5) is 5.13 Å². The first-order chi connectivity index (χ1) is 17.1. The fraction of sp³-hybridized carbons (Fsp3) is 0.107. The molecule has 0 aliphatic carbocycles. The van der Waals surface area contributed by atoms with Gasteiger partial charge in [0.15, 0.2) is 16.6 Å². The number of aromatic nitrogens is 1. The number of aryl methyl sites for hydroxylation is 1. The molecule has 0 saturated carbocycles. The lowest BCUT2D eigenvalue weighted by Crippen LogP contribution is -2.13. The first-order valence-corrected chi connectivity index (χ1v) is 11.7. The number of carbonyl (C=O) groups is 1. The second kappa shape index (κ2) is 11.1. The van der Waals surface area contributed by atoms with Crippen LogP contribution in [-0.4, -0.2) is 18.0 Å². The first kappa shape index (κ1) is 23.7. The van der Waals surface area contributed by atoms with Gasteiger partial charge >= 0.3 is 0 Å². The minimum Gasteiger partial charge on any atom is -0.493 e. The minimum absolute atomic E-state index is 0.0444. The molecule has 0 aliphatic rings. The maximum absolute atomic E-state index is 12.7. The van der Waals surface area contributed by atoms with E-state index >= 15 is 0 Å². The van der Waals surface area contributed by atoms with Crippen molar-refractivity contribution >= 4 is 28.5 Å². The van der Waals surface area contributed by atoms with Crippen LogP contribution in [0.5, 0.6) is 11.5 Å². The average Bonchev–Trinajstić information content (AvgIpc) is 3.36. The maximum atomic E-state index is 12.7. The summed E-state index contributed by atoms with van der Waals surface area (Å²) in [6.45, 7) is 2.44. The molecule has 0 fully saturated rings. The Bertz CT molecular complexity index is 1400. The first-order valence-electron chi connectivity index (χ1n) is 10.9. The Labute approximate surface area is 208 Å². The molecule has 1 aromatic heterocycles.